The molecule has 4 nitrogen and oxygen atoms in total. The summed E-state index contributed by atoms with van der Waals surface area (Å²) in [5.74, 6) is 0.873. The molecule has 1 aromatic heterocycles. The Morgan fingerprint density at radius 2 is 2.12 bits per heavy atom. The summed E-state index contributed by atoms with van der Waals surface area (Å²) in [6, 6.07) is 14.1. The van der Waals surface area contributed by atoms with E-state index in [-0.39, 0.29) is 0 Å². The molecule has 2 aromatic carbocycles. The monoisotopic (exact) mass is 369 g/mol. The third kappa shape index (κ3) is 5.61. The van der Waals surface area contributed by atoms with Gasteiger partial charge in [-0.05, 0) is 43.7 Å². The van der Waals surface area contributed by atoms with Gasteiger partial charge in [0.1, 0.15) is 12.4 Å². The van der Waals surface area contributed by atoms with Gasteiger partial charge in [-0.15, -0.1) is 0 Å². The minimum absolute atomic E-state index is 0.553. The second-order valence-electron chi connectivity index (χ2n) is 6.36. The van der Waals surface area contributed by atoms with Crippen LogP contribution in [0.15, 0.2) is 61.2 Å². The maximum Gasteiger partial charge on any atom is 0.124 e. The molecule has 136 valence electrons. The summed E-state index contributed by atoms with van der Waals surface area (Å²) < 4.78 is 8.12. The number of hydrogen-bond acceptors (Lipinski definition) is 3. The number of hydrogen-bond donors (Lipinski definition) is 1. The summed E-state index contributed by atoms with van der Waals surface area (Å²) in [7, 11) is 0. The highest BCUT2D eigenvalue weighted by atomic mass is 35.5. The Morgan fingerprint density at radius 1 is 1.19 bits per heavy atom. The van der Waals surface area contributed by atoms with E-state index in [1.54, 1.807) is 6.20 Å². The number of nitrogens with one attached hydrogen (secondary N) is 1. The lowest BCUT2D eigenvalue weighted by Crippen LogP contribution is -2.17. The van der Waals surface area contributed by atoms with Gasteiger partial charge in [0.2, 0.25) is 0 Å². The molecule has 0 aliphatic heterocycles. The molecule has 0 radical (unpaired) electrons. The first kappa shape index (κ1) is 18.5. The average molecular weight is 370 g/mol. The Morgan fingerprint density at radius 3 is 2.92 bits per heavy atom. The van der Waals surface area contributed by atoms with Crippen molar-refractivity contribution in [2.75, 3.05) is 6.54 Å². The topological polar surface area (TPSA) is 39.1 Å². The van der Waals surface area contributed by atoms with Gasteiger partial charge in [-0.1, -0.05) is 41.4 Å². The van der Waals surface area contributed by atoms with Crippen molar-refractivity contribution in [2.24, 2.45) is 0 Å². The van der Waals surface area contributed by atoms with E-state index in [1.807, 2.05) is 30.7 Å². The predicted molar refractivity (Wildman–Crippen MR) is 106 cm³/mol. The lowest BCUT2D eigenvalue weighted by Gasteiger charge is -2.13. The Labute approximate surface area is 159 Å². The van der Waals surface area contributed by atoms with Crippen molar-refractivity contribution in [1.82, 2.24) is 14.9 Å². The zero-order chi connectivity index (χ0) is 18.2. The van der Waals surface area contributed by atoms with Crippen molar-refractivity contribution in [3.8, 4) is 5.75 Å². The number of nitrogens with zero attached hydrogens (tertiary/aromatic N) is 2. The Kier molecular flexibility index (Phi) is 6.69. The van der Waals surface area contributed by atoms with E-state index in [0.29, 0.717) is 6.61 Å². The first-order valence-corrected chi connectivity index (χ1v) is 9.22. The van der Waals surface area contributed by atoms with E-state index in [1.165, 1.54) is 11.1 Å². The number of halogens is 1. The molecule has 0 atom stereocenters. The van der Waals surface area contributed by atoms with Gasteiger partial charge in [0.15, 0.2) is 0 Å². The maximum absolute atomic E-state index is 6.17. The van der Waals surface area contributed by atoms with Gasteiger partial charge in [-0.25, -0.2) is 4.98 Å². The summed E-state index contributed by atoms with van der Waals surface area (Å²) in [6.45, 7) is 5.25. The van der Waals surface area contributed by atoms with Crippen LogP contribution in [0.2, 0.25) is 5.02 Å². The molecule has 0 unspecified atom stereocenters. The van der Waals surface area contributed by atoms with Crippen molar-refractivity contribution in [3.63, 3.8) is 0 Å². The molecular weight excluding hydrogens is 346 g/mol. The Bertz CT molecular complexity index is 818. The van der Waals surface area contributed by atoms with Gasteiger partial charge in [0.05, 0.1) is 6.33 Å². The van der Waals surface area contributed by atoms with Gasteiger partial charge < -0.3 is 14.6 Å². The molecule has 3 rings (SSSR count). The van der Waals surface area contributed by atoms with Crippen LogP contribution in [0.5, 0.6) is 5.75 Å². The number of rotatable bonds is 9. The fraction of sp³-hybridized carbons (Fsp3) is 0.286. The molecule has 0 aliphatic rings. The van der Waals surface area contributed by atoms with Crippen LogP contribution in [0.1, 0.15) is 23.1 Å². The van der Waals surface area contributed by atoms with Crippen molar-refractivity contribution in [1.29, 1.82) is 0 Å². The van der Waals surface area contributed by atoms with E-state index < -0.39 is 0 Å². The van der Waals surface area contributed by atoms with E-state index in [2.05, 4.69) is 46.1 Å². The summed E-state index contributed by atoms with van der Waals surface area (Å²) in [5.41, 5.74) is 3.48. The summed E-state index contributed by atoms with van der Waals surface area (Å²) in [4.78, 5) is 4.05. The van der Waals surface area contributed by atoms with Gasteiger partial charge in [0, 0.05) is 36.1 Å². The fourth-order valence-electron chi connectivity index (χ4n) is 2.82. The normalized spacial score (nSPS) is 10.8. The van der Waals surface area contributed by atoms with Crippen molar-refractivity contribution < 1.29 is 4.74 Å². The van der Waals surface area contributed by atoms with Gasteiger partial charge in [-0.3, -0.25) is 0 Å². The van der Waals surface area contributed by atoms with E-state index >= 15 is 0 Å². The van der Waals surface area contributed by atoms with Crippen LogP contribution in [-0.4, -0.2) is 16.1 Å². The maximum atomic E-state index is 6.17. The molecule has 0 saturated carbocycles. The van der Waals surface area contributed by atoms with Crippen molar-refractivity contribution >= 4 is 11.6 Å². The van der Waals surface area contributed by atoms with Crippen LogP contribution >= 0.6 is 11.6 Å². The van der Waals surface area contributed by atoms with Crippen LogP contribution in [0.4, 0.5) is 0 Å². The minimum atomic E-state index is 0.553. The first-order valence-electron chi connectivity index (χ1n) is 8.84. The SMILES string of the molecule is Cc1cccc(COc2ccc(Cl)cc2CNCCCn2ccnc2)c1. The molecule has 3 aromatic rings. The zero-order valence-electron chi connectivity index (χ0n) is 15.0. The van der Waals surface area contributed by atoms with Crippen molar-refractivity contribution in [3.05, 3.63) is 82.9 Å². The van der Waals surface area contributed by atoms with E-state index in [9.17, 15) is 0 Å². The predicted octanol–water partition coefficient (Wildman–Crippen LogP) is 4.60. The standard InChI is InChI=1S/C21H24ClN3O/c1-17-4-2-5-18(12-17)15-26-21-7-6-20(22)13-19(21)14-23-8-3-10-25-11-9-24-16-25/h2,4-7,9,11-13,16,23H,3,8,10,14-15H2,1H3. The van der Waals surface area contributed by atoms with Crippen LogP contribution in [-0.2, 0) is 19.7 Å². The van der Waals surface area contributed by atoms with Gasteiger partial charge in [0.25, 0.3) is 0 Å². The van der Waals surface area contributed by atoms with Crippen LogP contribution in [0, 0.1) is 6.92 Å². The largest absolute Gasteiger partial charge is 0.489 e. The second kappa shape index (κ2) is 9.41. The lowest BCUT2D eigenvalue weighted by molar-refractivity contribution is 0.302. The average Bonchev–Trinajstić information content (AvgIpc) is 3.14. The Balaban J connectivity index is 1.51. The van der Waals surface area contributed by atoms with Crippen LogP contribution in [0.25, 0.3) is 0 Å². The highest BCUT2D eigenvalue weighted by molar-refractivity contribution is 6.30. The molecule has 26 heavy (non-hydrogen) atoms. The number of aromatic nitrogens is 2. The third-order valence-corrected chi connectivity index (χ3v) is 4.38. The molecule has 0 amide bonds. The first-order chi connectivity index (χ1) is 12.7. The summed E-state index contributed by atoms with van der Waals surface area (Å²) in [6.07, 6.45) is 6.66. The second-order valence-corrected chi connectivity index (χ2v) is 6.80. The quantitative estimate of drug-likeness (QED) is 0.560. The van der Waals surface area contributed by atoms with Crippen LogP contribution < -0.4 is 10.1 Å². The summed E-state index contributed by atoms with van der Waals surface area (Å²) >= 11 is 6.17. The minimum Gasteiger partial charge on any atom is -0.489 e. The molecule has 0 spiro atoms. The van der Waals surface area contributed by atoms with E-state index in [0.717, 1.165) is 42.4 Å². The van der Waals surface area contributed by atoms with Crippen LogP contribution in [0.3, 0.4) is 0 Å². The van der Waals surface area contributed by atoms with Crippen molar-refractivity contribution in [2.45, 2.75) is 33.0 Å². The van der Waals surface area contributed by atoms with Gasteiger partial charge >= 0.3 is 0 Å². The molecule has 0 saturated heterocycles. The number of imidazole rings is 1. The lowest BCUT2D eigenvalue weighted by atomic mass is 10.1. The molecule has 0 aliphatic carbocycles. The number of ether oxygens (including phenoxy) is 1. The molecule has 1 heterocycles. The molecule has 5 heteroatoms. The number of aryl methyl sites for hydroxylation is 2. The fourth-order valence-corrected chi connectivity index (χ4v) is 3.01. The summed E-state index contributed by atoms with van der Waals surface area (Å²) in [5, 5.41) is 4.19. The molecule has 0 fully saturated rings. The molecular formula is C21H24ClN3O. The molecule has 0 bridgehead atoms. The zero-order valence-corrected chi connectivity index (χ0v) is 15.7. The van der Waals surface area contributed by atoms with Gasteiger partial charge in [-0.2, -0.15) is 0 Å². The highest BCUT2D eigenvalue weighted by Crippen LogP contribution is 2.24. The third-order valence-electron chi connectivity index (χ3n) is 4.14. The highest BCUT2D eigenvalue weighted by Gasteiger charge is 2.06. The number of benzene rings is 2. The Hall–Kier alpha value is -2.30. The molecule has 1 N–H and O–H groups in total. The van der Waals surface area contributed by atoms with E-state index in [4.69, 9.17) is 16.3 Å². The smallest absolute Gasteiger partial charge is 0.124 e.